The van der Waals surface area contributed by atoms with Crippen molar-refractivity contribution in [3.05, 3.63) is 35.4 Å². The van der Waals surface area contributed by atoms with Gasteiger partial charge in [0.05, 0.1) is 5.54 Å². The lowest BCUT2D eigenvalue weighted by molar-refractivity contribution is 0.414. The second kappa shape index (κ2) is 3.57. The molecule has 0 heterocycles. The Labute approximate surface area is 95.4 Å². The Hall–Kier alpha value is -1.40. The fourth-order valence-electron chi connectivity index (χ4n) is 2.64. The highest BCUT2D eigenvalue weighted by Crippen LogP contribution is 2.53. The van der Waals surface area contributed by atoms with Crippen LogP contribution in [0.1, 0.15) is 49.1 Å². The summed E-state index contributed by atoms with van der Waals surface area (Å²) in [6, 6.07) is 8.50. The number of nitrogens with zero attached hydrogens (tertiary/aromatic N) is 1. The Kier molecular flexibility index (Phi) is 2.19. The van der Waals surface area contributed by atoms with Gasteiger partial charge in [-0.05, 0) is 42.7 Å². The minimum absolute atomic E-state index is 0.200. The molecule has 1 aromatic carbocycles. The van der Waals surface area contributed by atoms with E-state index in [4.69, 9.17) is 0 Å². The van der Waals surface area contributed by atoms with Crippen molar-refractivity contribution in [3.63, 3.8) is 0 Å². The molecule has 0 aromatic heterocycles. The number of benzene rings is 1. The van der Waals surface area contributed by atoms with Crippen LogP contribution in [0.15, 0.2) is 29.3 Å². The van der Waals surface area contributed by atoms with Gasteiger partial charge in [0, 0.05) is 0 Å². The first kappa shape index (κ1) is 9.80. The summed E-state index contributed by atoms with van der Waals surface area (Å²) in [6.07, 6.45) is 7.67. The van der Waals surface area contributed by atoms with Crippen molar-refractivity contribution >= 4 is 6.08 Å². The first-order chi connectivity index (χ1) is 7.86. The van der Waals surface area contributed by atoms with Crippen LogP contribution in [0.4, 0.5) is 0 Å². The molecule has 3 rings (SSSR count). The first-order valence-electron chi connectivity index (χ1n) is 6.04. The molecule has 2 heteroatoms. The minimum Gasteiger partial charge on any atom is -0.211 e. The second-order valence-corrected chi connectivity index (χ2v) is 4.95. The van der Waals surface area contributed by atoms with E-state index >= 15 is 0 Å². The molecular formula is C14H15NO. The molecule has 0 saturated heterocycles. The predicted octanol–water partition coefficient (Wildman–Crippen LogP) is 3.28. The smallest absolute Gasteiger partial charge is 0.211 e. The molecule has 0 amide bonds. The van der Waals surface area contributed by atoms with Gasteiger partial charge in [-0.2, -0.15) is 4.99 Å². The molecule has 0 N–H and O–H groups in total. The van der Waals surface area contributed by atoms with Gasteiger partial charge in [-0.3, -0.25) is 0 Å². The molecular weight excluding hydrogens is 198 g/mol. The molecule has 0 aliphatic heterocycles. The summed E-state index contributed by atoms with van der Waals surface area (Å²) in [5.41, 5.74) is 2.50. The third kappa shape index (κ3) is 1.42. The molecule has 2 aliphatic rings. The van der Waals surface area contributed by atoms with E-state index in [1.807, 2.05) is 0 Å². The van der Waals surface area contributed by atoms with E-state index in [1.54, 1.807) is 6.08 Å². The summed E-state index contributed by atoms with van der Waals surface area (Å²) in [5, 5.41) is 0. The number of aliphatic imine (C=N–C) groups is 1. The van der Waals surface area contributed by atoms with Gasteiger partial charge in [-0.15, -0.1) is 0 Å². The predicted molar refractivity (Wildman–Crippen MR) is 62.1 cm³/mol. The molecule has 2 nitrogen and oxygen atoms in total. The maximum absolute atomic E-state index is 10.5. The molecule has 82 valence electrons. The summed E-state index contributed by atoms with van der Waals surface area (Å²) >= 11 is 0. The van der Waals surface area contributed by atoms with Gasteiger partial charge >= 0.3 is 0 Å². The number of carbonyl (C=O) groups excluding carboxylic acids is 1. The average molecular weight is 213 g/mol. The van der Waals surface area contributed by atoms with E-state index in [0.717, 1.165) is 12.8 Å². The summed E-state index contributed by atoms with van der Waals surface area (Å²) in [5.74, 6) is 0.704. The topological polar surface area (TPSA) is 29.4 Å². The molecule has 1 aromatic rings. The number of hydrogen-bond acceptors (Lipinski definition) is 2. The van der Waals surface area contributed by atoms with Gasteiger partial charge in [0.2, 0.25) is 6.08 Å². The van der Waals surface area contributed by atoms with Crippen LogP contribution in [-0.4, -0.2) is 6.08 Å². The van der Waals surface area contributed by atoms with Crippen LogP contribution >= 0.6 is 0 Å². The van der Waals surface area contributed by atoms with Crippen LogP contribution in [-0.2, 0) is 10.3 Å². The van der Waals surface area contributed by atoms with Gasteiger partial charge in [-0.1, -0.05) is 30.7 Å². The Balaban J connectivity index is 2.02. The van der Waals surface area contributed by atoms with Crippen LogP contribution in [0.3, 0.4) is 0 Å². The SMILES string of the molecule is O=C=NC1(c2ccccc2C2CCC2)CC1. The third-order valence-electron chi connectivity index (χ3n) is 3.99. The van der Waals surface area contributed by atoms with Crippen LogP contribution in [0.5, 0.6) is 0 Å². The molecule has 2 fully saturated rings. The highest BCUT2D eigenvalue weighted by Gasteiger charge is 2.46. The fraction of sp³-hybridized carbons (Fsp3) is 0.500. The summed E-state index contributed by atoms with van der Waals surface area (Å²) in [7, 11) is 0. The molecule has 2 saturated carbocycles. The van der Waals surface area contributed by atoms with Crippen molar-refractivity contribution in [2.45, 2.75) is 43.6 Å². The zero-order valence-electron chi connectivity index (χ0n) is 9.28. The highest BCUT2D eigenvalue weighted by atomic mass is 16.1. The number of isocyanates is 1. The van der Waals surface area contributed by atoms with Crippen LogP contribution in [0, 0.1) is 0 Å². The molecule has 0 atom stereocenters. The Morgan fingerprint density at radius 1 is 1.25 bits per heavy atom. The van der Waals surface area contributed by atoms with Gasteiger partial charge in [-0.25, -0.2) is 4.79 Å². The Morgan fingerprint density at radius 2 is 2.00 bits per heavy atom. The molecule has 0 unspecified atom stereocenters. The van der Waals surface area contributed by atoms with Gasteiger partial charge in [0.25, 0.3) is 0 Å². The van der Waals surface area contributed by atoms with E-state index in [0.29, 0.717) is 5.92 Å². The van der Waals surface area contributed by atoms with E-state index < -0.39 is 0 Å². The maximum Gasteiger partial charge on any atom is 0.235 e. The number of rotatable bonds is 3. The fourth-order valence-corrected chi connectivity index (χ4v) is 2.64. The molecule has 0 radical (unpaired) electrons. The van der Waals surface area contributed by atoms with E-state index in [9.17, 15) is 4.79 Å². The highest BCUT2D eigenvalue weighted by molar-refractivity contribution is 5.45. The lowest BCUT2D eigenvalue weighted by Gasteiger charge is -2.29. The quantitative estimate of drug-likeness (QED) is 0.559. The van der Waals surface area contributed by atoms with Crippen molar-refractivity contribution in [3.8, 4) is 0 Å². The lowest BCUT2D eigenvalue weighted by atomic mass is 9.77. The maximum atomic E-state index is 10.5. The normalized spacial score (nSPS) is 22.0. The van der Waals surface area contributed by atoms with Crippen molar-refractivity contribution in [2.24, 2.45) is 4.99 Å². The van der Waals surface area contributed by atoms with Crippen molar-refractivity contribution < 1.29 is 4.79 Å². The largest absolute Gasteiger partial charge is 0.235 e. The van der Waals surface area contributed by atoms with Gasteiger partial charge in [0.15, 0.2) is 0 Å². The monoisotopic (exact) mass is 213 g/mol. The second-order valence-electron chi connectivity index (χ2n) is 4.95. The van der Waals surface area contributed by atoms with E-state index in [-0.39, 0.29) is 5.54 Å². The van der Waals surface area contributed by atoms with Crippen LogP contribution in [0.25, 0.3) is 0 Å². The number of hydrogen-bond donors (Lipinski definition) is 0. The Bertz CT molecular complexity index is 452. The van der Waals surface area contributed by atoms with E-state index in [1.165, 1.54) is 30.4 Å². The van der Waals surface area contributed by atoms with Crippen molar-refractivity contribution in [1.29, 1.82) is 0 Å². The summed E-state index contributed by atoms with van der Waals surface area (Å²) in [4.78, 5) is 14.5. The average Bonchev–Trinajstić information content (AvgIpc) is 2.98. The first-order valence-corrected chi connectivity index (χ1v) is 6.04. The van der Waals surface area contributed by atoms with Crippen molar-refractivity contribution in [1.82, 2.24) is 0 Å². The van der Waals surface area contributed by atoms with Crippen molar-refractivity contribution in [2.75, 3.05) is 0 Å². The van der Waals surface area contributed by atoms with E-state index in [2.05, 4.69) is 29.3 Å². The lowest BCUT2D eigenvalue weighted by Crippen LogP contribution is -2.15. The van der Waals surface area contributed by atoms with Crippen LogP contribution in [0.2, 0.25) is 0 Å². The third-order valence-corrected chi connectivity index (χ3v) is 3.99. The molecule has 0 bridgehead atoms. The summed E-state index contributed by atoms with van der Waals surface area (Å²) < 4.78 is 0. The van der Waals surface area contributed by atoms with Crippen LogP contribution < -0.4 is 0 Å². The zero-order valence-corrected chi connectivity index (χ0v) is 9.28. The standard InChI is InChI=1S/C14H15NO/c16-10-15-14(8-9-14)13-7-2-1-6-12(13)11-4-3-5-11/h1-2,6-7,11H,3-5,8-9H2. The molecule has 2 aliphatic carbocycles. The molecule has 16 heavy (non-hydrogen) atoms. The molecule has 0 spiro atoms. The van der Waals surface area contributed by atoms with Gasteiger partial charge in [0.1, 0.15) is 0 Å². The summed E-state index contributed by atoms with van der Waals surface area (Å²) in [6.45, 7) is 0. The Morgan fingerprint density at radius 3 is 2.56 bits per heavy atom. The zero-order chi connectivity index (χ0) is 11.0. The van der Waals surface area contributed by atoms with Gasteiger partial charge < -0.3 is 0 Å². The minimum atomic E-state index is -0.200.